The quantitative estimate of drug-likeness (QED) is 0.752. The van der Waals surface area contributed by atoms with Gasteiger partial charge in [0.1, 0.15) is 0 Å². The fraction of sp³-hybridized carbons (Fsp3) is 0.333. The molecule has 0 aliphatic carbocycles. The molecular formula is C21H26N3OS+. The third-order valence-corrected chi connectivity index (χ3v) is 5.59. The van der Waals surface area contributed by atoms with Gasteiger partial charge in [-0.1, -0.05) is 41.2 Å². The number of para-hydroxylation sites is 1. The fourth-order valence-corrected chi connectivity index (χ4v) is 3.99. The van der Waals surface area contributed by atoms with E-state index in [2.05, 4.69) is 33.2 Å². The van der Waals surface area contributed by atoms with E-state index >= 15 is 0 Å². The molecule has 0 radical (unpaired) electrons. The number of rotatable bonds is 5. The van der Waals surface area contributed by atoms with Gasteiger partial charge in [-0.3, -0.25) is 9.69 Å². The van der Waals surface area contributed by atoms with Crippen LogP contribution in [-0.4, -0.2) is 38.1 Å². The molecule has 1 amide bonds. The van der Waals surface area contributed by atoms with Crippen LogP contribution in [-0.2, 0) is 0 Å². The van der Waals surface area contributed by atoms with Gasteiger partial charge in [0.05, 0.1) is 37.4 Å². The maximum Gasteiger partial charge on any atom is 0.260 e. The summed E-state index contributed by atoms with van der Waals surface area (Å²) in [6.07, 6.45) is 0. The molecule has 0 spiro atoms. The number of nitrogens with zero attached hydrogens (tertiary/aromatic N) is 2. The molecule has 5 heteroatoms. The van der Waals surface area contributed by atoms with Crippen LogP contribution >= 0.6 is 11.3 Å². The van der Waals surface area contributed by atoms with E-state index in [1.54, 1.807) is 11.3 Å². The first kappa shape index (κ1) is 18.5. The second kappa shape index (κ2) is 7.56. The predicted molar refractivity (Wildman–Crippen MR) is 110 cm³/mol. The van der Waals surface area contributed by atoms with Gasteiger partial charge in [0, 0.05) is 5.56 Å². The van der Waals surface area contributed by atoms with E-state index in [-0.39, 0.29) is 5.91 Å². The maximum atomic E-state index is 13.4. The molecule has 136 valence electrons. The Labute approximate surface area is 159 Å². The molecular weight excluding hydrogens is 342 g/mol. The highest BCUT2D eigenvalue weighted by atomic mass is 32.1. The molecule has 1 N–H and O–H groups in total. The van der Waals surface area contributed by atoms with Crippen molar-refractivity contribution in [2.45, 2.75) is 20.8 Å². The number of carbonyl (C=O) groups is 1. The average Bonchev–Trinajstić information content (AvgIpc) is 3.02. The minimum atomic E-state index is 0.0316. The molecule has 3 aromatic rings. The summed E-state index contributed by atoms with van der Waals surface area (Å²) in [7, 11) is 4.20. The summed E-state index contributed by atoms with van der Waals surface area (Å²) in [5, 5.41) is 0.779. The molecule has 4 nitrogen and oxygen atoms in total. The lowest BCUT2D eigenvalue weighted by Gasteiger charge is -2.21. The molecule has 3 rings (SSSR count). The first-order valence-corrected chi connectivity index (χ1v) is 9.73. The number of carbonyl (C=O) groups excluding carboxylic acids is 1. The molecule has 0 unspecified atom stereocenters. The average molecular weight is 369 g/mol. The Morgan fingerprint density at radius 1 is 1.12 bits per heavy atom. The van der Waals surface area contributed by atoms with Crippen molar-refractivity contribution in [1.82, 2.24) is 4.98 Å². The molecule has 0 fully saturated rings. The van der Waals surface area contributed by atoms with Crippen molar-refractivity contribution in [2.75, 3.05) is 32.1 Å². The summed E-state index contributed by atoms with van der Waals surface area (Å²) < 4.78 is 1.12. The summed E-state index contributed by atoms with van der Waals surface area (Å²) in [4.78, 5) is 21.3. The predicted octanol–water partition coefficient (Wildman–Crippen LogP) is 3.01. The highest BCUT2D eigenvalue weighted by Gasteiger charge is 2.23. The van der Waals surface area contributed by atoms with Crippen LogP contribution in [0.4, 0.5) is 5.13 Å². The van der Waals surface area contributed by atoms with Crippen molar-refractivity contribution in [3.05, 3.63) is 58.7 Å². The minimum Gasteiger partial charge on any atom is -0.338 e. The van der Waals surface area contributed by atoms with E-state index in [9.17, 15) is 4.79 Å². The number of hydrogen-bond donors (Lipinski definition) is 1. The summed E-state index contributed by atoms with van der Waals surface area (Å²) in [5.41, 5.74) is 4.98. The van der Waals surface area contributed by atoms with Crippen LogP contribution in [0.3, 0.4) is 0 Å². The van der Waals surface area contributed by atoms with Gasteiger partial charge in [-0.05, 0) is 44.0 Å². The molecule has 0 atom stereocenters. The number of aromatic nitrogens is 1. The number of fused-ring (bicyclic) bond motifs is 1. The van der Waals surface area contributed by atoms with Crippen LogP contribution in [0.25, 0.3) is 10.2 Å². The van der Waals surface area contributed by atoms with Crippen molar-refractivity contribution >= 4 is 32.6 Å². The number of likely N-dealkylation sites (N-methyl/N-ethyl adjacent to an activating group) is 1. The van der Waals surface area contributed by atoms with Crippen LogP contribution in [0.2, 0.25) is 0 Å². The van der Waals surface area contributed by atoms with Crippen LogP contribution in [0.15, 0.2) is 36.4 Å². The third-order valence-electron chi connectivity index (χ3n) is 4.54. The molecule has 0 bridgehead atoms. The first-order valence-electron chi connectivity index (χ1n) is 8.91. The highest BCUT2D eigenvalue weighted by molar-refractivity contribution is 7.22. The maximum absolute atomic E-state index is 13.4. The minimum absolute atomic E-state index is 0.0316. The van der Waals surface area contributed by atoms with Crippen molar-refractivity contribution < 1.29 is 9.69 Å². The molecule has 0 saturated carbocycles. The lowest BCUT2D eigenvalue weighted by molar-refractivity contribution is -0.856. The molecule has 0 aliphatic rings. The zero-order chi connectivity index (χ0) is 18.8. The van der Waals surface area contributed by atoms with Gasteiger partial charge in [-0.25, -0.2) is 4.98 Å². The van der Waals surface area contributed by atoms with Gasteiger partial charge in [0.2, 0.25) is 0 Å². The summed E-state index contributed by atoms with van der Waals surface area (Å²) in [6.45, 7) is 7.59. The largest absolute Gasteiger partial charge is 0.338 e. The van der Waals surface area contributed by atoms with E-state index in [0.29, 0.717) is 6.54 Å². The van der Waals surface area contributed by atoms with Crippen molar-refractivity contribution in [3.8, 4) is 0 Å². The van der Waals surface area contributed by atoms with Gasteiger partial charge < -0.3 is 4.90 Å². The molecule has 1 aromatic heterocycles. The van der Waals surface area contributed by atoms with Crippen LogP contribution < -0.4 is 9.80 Å². The third kappa shape index (κ3) is 3.79. The first-order chi connectivity index (χ1) is 12.4. The van der Waals surface area contributed by atoms with Gasteiger partial charge in [-0.15, -0.1) is 0 Å². The molecule has 2 aromatic carbocycles. The van der Waals surface area contributed by atoms with Crippen molar-refractivity contribution in [2.24, 2.45) is 0 Å². The van der Waals surface area contributed by atoms with Crippen LogP contribution in [0, 0.1) is 20.8 Å². The molecule has 26 heavy (non-hydrogen) atoms. The Hall–Kier alpha value is -2.24. The SMILES string of the molecule is Cc1ccc(C)c(C(=O)N(CC[NH+](C)C)c2nc3c(C)cccc3s2)c1. The Morgan fingerprint density at radius 2 is 1.88 bits per heavy atom. The normalized spacial score (nSPS) is 11.3. The van der Waals surface area contributed by atoms with Crippen LogP contribution in [0.1, 0.15) is 27.0 Å². The molecule has 0 saturated heterocycles. The molecule has 0 aliphatic heterocycles. The zero-order valence-electron chi connectivity index (χ0n) is 16.1. The van der Waals surface area contributed by atoms with E-state index in [1.165, 1.54) is 4.90 Å². The van der Waals surface area contributed by atoms with E-state index in [4.69, 9.17) is 4.98 Å². The standard InChI is InChI=1S/C21H25N3OS/c1-14-9-10-15(2)17(13-14)20(25)24(12-11-23(4)5)21-22-19-16(3)7-6-8-18(19)26-21/h6-10,13H,11-12H2,1-5H3/p+1. The summed E-state index contributed by atoms with van der Waals surface area (Å²) >= 11 is 1.59. The topological polar surface area (TPSA) is 37.6 Å². The zero-order valence-corrected chi connectivity index (χ0v) is 16.9. The summed E-state index contributed by atoms with van der Waals surface area (Å²) in [5.74, 6) is 0.0316. The van der Waals surface area contributed by atoms with Gasteiger partial charge >= 0.3 is 0 Å². The lowest BCUT2D eigenvalue weighted by Crippen LogP contribution is -3.06. The Balaban J connectivity index is 2.04. The monoisotopic (exact) mass is 368 g/mol. The van der Waals surface area contributed by atoms with E-state index in [0.717, 1.165) is 44.1 Å². The second-order valence-corrected chi connectivity index (χ2v) is 8.16. The van der Waals surface area contributed by atoms with Crippen molar-refractivity contribution in [3.63, 3.8) is 0 Å². The number of aryl methyl sites for hydroxylation is 3. The summed E-state index contributed by atoms with van der Waals surface area (Å²) in [6, 6.07) is 12.2. The van der Waals surface area contributed by atoms with E-state index in [1.807, 2.05) is 43.0 Å². The number of hydrogen-bond acceptors (Lipinski definition) is 3. The number of benzene rings is 2. The van der Waals surface area contributed by atoms with E-state index < -0.39 is 0 Å². The second-order valence-electron chi connectivity index (χ2n) is 7.15. The van der Waals surface area contributed by atoms with Gasteiger partial charge in [-0.2, -0.15) is 0 Å². The fourth-order valence-electron chi connectivity index (χ4n) is 2.92. The lowest BCUT2D eigenvalue weighted by atomic mass is 10.0. The number of quaternary nitrogens is 1. The Bertz CT molecular complexity index is 946. The molecule has 1 heterocycles. The van der Waals surface area contributed by atoms with Gasteiger partial charge in [0.15, 0.2) is 5.13 Å². The Kier molecular flexibility index (Phi) is 5.39. The number of thiazole rings is 1. The smallest absolute Gasteiger partial charge is 0.260 e. The number of nitrogens with one attached hydrogen (secondary N) is 1. The van der Waals surface area contributed by atoms with Crippen LogP contribution in [0.5, 0.6) is 0 Å². The highest BCUT2D eigenvalue weighted by Crippen LogP contribution is 2.31. The number of amides is 1. The van der Waals surface area contributed by atoms with Crippen molar-refractivity contribution in [1.29, 1.82) is 0 Å². The Morgan fingerprint density at radius 3 is 2.58 bits per heavy atom. The van der Waals surface area contributed by atoms with Gasteiger partial charge in [0.25, 0.3) is 5.91 Å². The number of anilines is 1.